The maximum Gasteiger partial charge on any atom is 0.263 e. The minimum atomic E-state index is -3.50. The van der Waals surface area contributed by atoms with Crippen LogP contribution in [0.15, 0.2) is 4.90 Å². The molecule has 0 aliphatic heterocycles. The zero-order valence-electron chi connectivity index (χ0n) is 12.1. The van der Waals surface area contributed by atoms with Gasteiger partial charge < -0.3 is 16.4 Å². The largest absolute Gasteiger partial charge is 0.396 e. The maximum absolute atomic E-state index is 12.0. The van der Waals surface area contributed by atoms with Crippen LogP contribution in [0.4, 0.5) is 10.7 Å². The molecule has 1 aromatic heterocycles. The van der Waals surface area contributed by atoms with E-state index in [0.717, 1.165) is 24.0 Å². The zero-order chi connectivity index (χ0) is 15.5. The van der Waals surface area contributed by atoms with E-state index in [1.54, 1.807) is 0 Å². The van der Waals surface area contributed by atoms with Gasteiger partial charge in [-0.3, -0.25) is 4.79 Å². The summed E-state index contributed by atoms with van der Waals surface area (Å²) in [7, 11) is -3.50. The van der Waals surface area contributed by atoms with Crippen LogP contribution in [0.3, 0.4) is 0 Å². The molecule has 0 atom stereocenters. The van der Waals surface area contributed by atoms with Gasteiger partial charge in [0, 0.05) is 18.8 Å². The molecule has 1 aromatic rings. The first-order valence-electron chi connectivity index (χ1n) is 6.35. The summed E-state index contributed by atoms with van der Waals surface area (Å²) in [5.74, 6) is -0.337. The van der Waals surface area contributed by atoms with Gasteiger partial charge in [0.15, 0.2) is 9.84 Å². The lowest BCUT2D eigenvalue weighted by Gasteiger charge is -2.09. The Bertz CT molecular complexity index is 591. The summed E-state index contributed by atoms with van der Waals surface area (Å²) in [4.78, 5) is 12.2. The van der Waals surface area contributed by atoms with Crippen molar-refractivity contribution in [3.8, 4) is 0 Å². The molecule has 4 N–H and O–H groups in total. The topological polar surface area (TPSA) is 101 Å². The fourth-order valence-electron chi connectivity index (χ4n) is 1.64. The third kappa shape index (κ3) is 3.86. The molecule has 0 aromatic carbocycles. The van der Waals surface area contributed by atoms with Crippen LogP contribution in [0.1, 0.15) is 36.9 Å². The van der Waals surface area contributed by atoms with Gasteiger partial charge in [-0.05, 0) is 20.3 Å². The minimum Gasteiger partial charge on any atom is -0.396 e. The van der Waals surface area contributed by atoms with Crippen LogP contribution in [0.25, 0.3) is 0 Å². The van der Waals surface area contributed by atoms with E-state index in [9.17, 15) is 13.2 Å². The molecule has 1 rings (SSSR count). The number of nitrogens with two attached hydrogens (primary N) is 1. The molecule has 0 saturated heterocycles. The lowest BCUT2D eigenvalue weighted by atomic mass is 10.3. The lowest BCUT2D eigenvalue weighted by Crippen LogP contribution is -2.24. The fourth-order valence-corrected chi connectivity index (χ4v) is 4.26. The molecular formula is C12H21N3O3S2. The van der Waals surface area contributed by atoms with E-state index in [2.05, 4.69) is 10.6 Å². The first-order valence-corrected chi connectivity index (χ1v) is 9.06. The number of nitrogens with one attached hydrogen (secondary N) is 2. The Kier molecular flexibility index (Phi) is 5.41. The van der Waals surface area contributed by atoms with Gasteiger partial charge in [-0.15, -0.1) is 11.3 Å². The van der Waals surface area contributed by atoms with Gasteiger partial charge in [-0.2, -0.15) is 0 Å². The molecule has 0 spiro atoms. The van der Waals surface area contributed by atoms with Crippen molar-refractivity contribution in [1.82, 2.24) is 5.32 Å². The highest BCUT2D eigenvalue weighted by Crippen LogP contribution is 2.39. The number of rotatable bonds is 6. The van der Waals surface area contributed by atoms with Gasteiger partial charge >= 0.3 is 0 Å². The summed E-state index contributed by atoms with van der Waals surface area (Å²) >= 11 is 1.07. The number of amides is 1. The SMILES string of the molecule is CCCNC(=O)c1sc(NC(C)C)c(S(C)(=O)=O)c1N. The Hall–Kier alpha value is -1.28. The van der Waals surface area contributed by atoms with E-state index in [1.165, 1.54) is 0 Å². The molecule has 1 amide bonds. The standard InChI is InChI=1S/C12H21N3O3S2/c1-5-6-14-11(16)9-8(13)10(20(4,17)18)12(19-9)15-7(2)3/h7,15H,5-6,13H2,1-4H3,(H,14,16). The molecule has 0 fully saturated rings. The minimum absolute atomic E-state index is 0.0119. The Morgan fingerprint density at radius 3 is 2.45 bits per heavy atom. The van der Waals surface area contributed by atoms with E-state index in [-0.39, 0.29) is 27.4 Å². The van der Waals surface area contributed by atoms with E-state index in [4.69, 9.17) is 5.73 Å². The van der Waals surface area contributed by atoms with Gasteiger partial charge in [0.05, 0.1) is 5.69 Å². The van der Waals surface area contributed by atoms with Crippen molar-refractivity contribution in [2.24, 2.45) is 0 Å². The first kappa shape index (κ1) is 16.8. The molecule has 0 saturated carbocycles. The second-order valence-corrected chi connectivity index (χ2v) is 7.80. The van der Waals surface area contributed by atoms with Gasteiger partial charge in [0.25, 0.3) is 5.91 Å². The number of hydrogen-bond acceptors (Lipinski definition) is 6. The van der Waals surface area contributed by atoms with E-state index >= 15 is 0 Å². The summed E-state index contributed by atoms with van der Waals surface area (Å²) in [6, 6.07) is 0.0418. The average molecular weight is 319 g/mol. The second-order valence-electron chi connectivity index (χ2n) is 4.83. The van der Waals surface area contributed by atoms with E-state index in [1.807, 2.05) is 20.8 Å². The highest BCUT2D eigenvalue weighted by molar-refractivity contribution is 7.91. The number of thiophene rings is 1. The monoisotopic (exact) mass is 319 g/mol. The van der Waals surface area contributed by atoms with Crippen molar-refractivity contribution in [3.05, 3.63) is 4.88 Å². The van der Waals surface area contributed by atoms with Crippen LogP contribution in [-0.2, 0) is 9.84 Å². The Morgan fingerprint density at radius 1 is 1.40 bits per heavy atom. The predicted molar refractivity (Wildman–Crippen MR) is 83.2 cm³/mol. The van der Waals surface area contributed by atoms with Crippen LogP contribution in [-0.4, -0.2) is 33.2 Å². The molecule has 114 valence electrons. The smallest absolute Gasteiger partial charge is 0.263 e. The van der Waals surface area contributed by atoms with Crippen molar-refractivity contribution in [1.29, 1.82) is 0 Å². The third-order valence-corrected chi connectivity index (χ3v) is 4.86. The Balaban J connectivity index is 3.29. The number of hydrogen-bond donors (Lipinski definition) is 3. The summed E-state index contributed by atoms with van der Waals surface area (Å²) < 4.78 is 23.7. The predicted octanol–water partition coefficient (Wildman–Crippen LogP) is 1.69. The van der Waals surface area contributed by atoms with E-state index in [0.29, 0.717) is 11.5 Å². The summed E-state index contributed by atoms with van der Waals surface area (Å²) in [6.45, 7) is 6.24. The van der Waals surface area contributed by atoms with Gasteiger partial charge in [0.1, 0.15) is 14.8 Å². The first-order chi connectivity index (χ1) is 9.18. The van der Waals surface area contributed by atoms with Crippen molar-refractivity contribution in [2.75, 3.05) is 23.9 Å². The summed E-state index contributed by atoms with van der Waals surface area (Å²) in [5.41, 5.74) is 5.89. The number of carbonyl (C=O) groups excluding carboxylic acids is 1. The lowest BCUT2D eigenvalue weighted by molar-refractivity contribution is 0.0958. The van der Waals surface area contributed by atoms with Crippen molar-refractivity contribution >= 4 is 37.8 Å². The molecule has 0 aliphatic rings. The highest BCUT2D eigenvalue weighted by Gasteiger charge is 2.27. The molecule has 0 aliphatic carbocycles. The van der Waals surface area contributed by atoms with Gasteiger partial charge in [-0.1, -0.05) is 6.92 Å². The van der Waals surface area contributed by atoms with Crippen LogP contribution in [0.5, 0.6) is 0 Å². The normalized spacial score (nSPS) is 11.7. The maximum atomic E-state index is 12.0. The number of carbonyl (C=O) groups is 1. The Labute approximate surface area is 123 Å². The zero-order valence-corrected chi connectivity index (χ0v) is 13.7. The molecule has 0 unspecified atom stereocenters. The number of nitrogen functional groups attached to an aromatic ring is 1. The third-order valence-electron chi connectivity index (χ3n) is 2.43. The van der Waals surface area contributed by atoms with Gasteiger partial charge in [-0.25, -0.2) is 8.42 Å². The number of sulfone groups is 1. The van der Waals surface area contributed by atoms with Crippen LogP contribution in [0, 0.1) is 0 Å². The molecule has 20 heavy (non-hydrogen) atoms. The van der Waals surface area contributed by atoms with Crippen molar-refractivity contribution in [2.45, 2.75) is 38.1 Å². The number of anilines is 2. The molecule has 0 radical (unpaired) electrons. The quantitative estimate of drug-likeness (QED) is 0.740. The second kappa shape index (κ2) is 6.45. The van der Waals surface area contributed by atoms with Crippen molar-refractivity contribution < 1.29 is 13.2 Å². The van der Waals surface area contributed by atoms with Crippen LogP contribution in [0.2, 0.25) is 0 Å². The molecule has 0 bridgehead atoms. The summed E-state index contributed by atoms with van der Waals surface area (Å²) in [6.07, 6.45) is 1.89. The molecule has 6 nitrogen and oxygen atoms in total. The Morgan fingerprint density at radius 2 is 2.00 bits per heavy atom. The fraction of sp³-hybridized carbons (Fsp3) is 0.583. The molecule has 1 heterocycles. The van der Waals surface area contributed by atoms with Crippen molar-refractivity contribution in [3.63, 3.8) is 0 Å². The van der Waals surface area contributed by atoms with Crippen LogP contribution < -0.4 is 16.4 Å². The van der Waals surface area contributed by atoms with Gasteiger partial charge in [0.2, 0.25) is 0 Å². The molecular weight excluding hydrogens is 298 g/mol. The van der Waals surface area contributed by atoms with E-state index < -0.39 is 9.84 Å². The van der Waals surface area contributed by atoms with Crippen LogP contribution >= 0.6 is 11.3 Å². The molecule has 8 heteroatoms. The highest BCUT2D eigenvalue weighted by atomic mass is 32.2. The summed E-state index contributed by atoms with van der Waals surface area (Å²) in [5, 5.41) is 6.15. The average Bonchev–Trinajstić information content (AvgIpc) is 2.61.